The standard InChI is InChI=1S/C29H27N5O5S/c1-19-20(2)33-39-29(19)34-40(35,36)24-14-10-22(11-15-24)32-28-16-26(30-18-31-28)25-6-4-5-7-27(25)38-17-21-8-12-23(37-3)13-9-21/h4-16,18,34H,17H2,1-3H3,(H,30,31,32). The van der Waals surface area contributed by atoms with E-state index < -0.39 is 10.0 Å². The van der Waals surface area contributed by atoms with E-state index in [1.54, 1.807) is 39.2 Å². The molecule has 2 N–H and O–H groups in total. The molecule has 0 unspecified atom stereocenters. The maximum Gasteiger partial charge on any atom is 0.264 e. The summed E-state index contributed by atoms with van der Waals surface area (Å²) in [6.45, 7) is 3.86. The minimum absolute atomic E-state index is 0.0813. The fraction of sp³-hybridized carbons (Fsp3) is 0.138. The summed E-state index contributed by atoms with van der Waals surface area (Å²) in [5.41, 5.74) is 4.39. The van der Waals surface area contributed by atoms with Gasteiger partial charge in [-0.25, -0.2) is 23.1 Å². The number of aryl methyl sites for hydroxylation is 1. The van der Waals surface area contributed by atoms with Crippen molar-refractivity contribution in [2.24, 2.45) is 0 Å². The Kier molecular flexibility index (Phi) is 7.65. The third kappa shape index (κ3) is 6.05. The predicted octanol–water partition coefficient (Wildman–Crippen LogP) is 5.88. The van der Waals surface area contributed by atoms with Gasteiger partial charge in [0.25, 0.3) is 10.0 Å². The molecule has 0 saturated carbocycles. The van der Waals surface area contributed by atoms with Gasteiger partial charge in [-0.1, -0.05) is 29.4 Å². The summed E-state index contributed by atoms with van der Waals surface area (Å²) < 4.78 is 44.4. The number of nitrogens with zero attached hydrogens (tertiary/aromatic N) is 3. The van der Waals surface area contributed by atoms with Crippen molar-refractivity contribution in [3.05, 3.63) is 102 Å². The van der Waals surface area contributed by atoms with Crippen molar-refractivity contribution >= 4 is 27.4 Å². The van der Waals surface area contributed by atoms with E-state index in [1.165, 1.54) is 18.5 Å². The molecule has 0 aliphatic carbocycles. The lowest BCUT2D eigenvalue weighted by Crippen LogP contribution is -2.13. The van der Waals surface area contributed by atoms with Crippen LogP contribution in [0.5, 0.6) is 11.5 Å². The SMILES string of the molecule is COc1ccc(COc2ccccc2-c2cc(Nc3ccc(S(=O)(=O)Nc4onc(C)c4C)cc3)ncn2)cc1. The lowest BCUT2D eigenvalue weighted by atomic mass is 10.1. The highest BCUT2D eigenvalue weighted by Gasteiger charge is 2.19. The van der Waals surface area contributed by atoms with Crippen LogP contribution in [0.3, 0.4) is 0 Å². The molecule has 2 aromatic heterocycles. The fourth-order valence-corrected chi connectivity index (χ4v) is 4.86. The first-order valence-corrected chi connectivity index (χ1v) is 13.8. The summed E-state index contributed by atoms with van der Waals surface area (Å²) in [6.07, 6.45) is 1.46. The molecule has 0 fully saturated rings. The van der Waals surface area contributed by atoms with Gasteiger partial charge in [0.15, 0.2) is 0 Å². The van der Waals surface area contributed by atoms with Gasteiger partial charge in [-0.2, -0.15) is 0 Å². The number of rotatable bonds is 10. The topological polar surface area (TPSA) is 128 Å². The number of methoxy groups -OCH3 is 1. The van der Waals surface area contributed by atoms with E-state index in [1.807, 2.05) is 48.5 Å². The van der Waals surface area contributed by atoms with Gasteiger partial charge in [-0.05, 0) is 67.9 Å². The third-order valence-corrected chi connectivity index (χ3v) is 7.55. The molecule has 2 heterocycles. The highest BCUT2D eigenvalue weighted by atomic mass is 32.2. The first-order valence-electron chi connectivity index (χ1n) is 12.3. The molecule has 3 aromatic carbocycles. The van der Waals surface area contributed by atoms with Crippen LogP contribution < -0.4 is 19.5 Å². The average Bonchev–Trinajstić information content (AvgIpc) is 3.28. The highest BCUT2D eigenvalue weighted by molar-refractivity contribution is 7.92. The zero-order chi connectivity index (χ0) is 28.1. The minimum Gasteiger partial charge on any atom is -0.497 e. The van der Waals surface area contributed by atoms with Crippen molar-refractivity contribution < 1.29 is 22.4 Å². The number of anilines is 3. The number of nitrogens with one attached hydrogen (secondary N) is 2. The van der Waals surface area contributed by atoms with Gasteiger partial charge in [-0.3, -0.25) is 0 Å². The van der Waals surface area contributed by atoms with Crippen LogP contribution in [-0.4, -0.2) is 30.7 Å². The van der Waals surface area contributed by atoms with Gasteiger partial charge in [0.1, 0.15) is 30.3 Å². The van der Waals surface area contributed by atoms with Crippen molar-refractivity contribution in [3.63, 3.8) is 0 Å². The average molecular weight is 558 g/mol. The maximum atomic E-state index is 12.8. The Morgan fingerprint density at radius 3 is 2.38 bits per heavy atom. The summed E-state index contributed by atoms with van der Waals surface area (Å²) in [4.78, 5) is 8.83. The first kappa shape index (κ1) is 26.7. The lowest BCUT2D eigenvalue weighted by molar-refractivity contribution is 0.307. The van der Waals surface area contributed by atoms with E-state index in [4.69, 9.17) is 14.0 Å². The lowest BCUT2D eigenvalue weighted by Gasteiger charge is -2.13. The van der Waals surface area contributed by atoms with Crippen molar-refractivity contribution in [1.29, 1.82) is 0 Å². The Bertz CT molecular complexity index is 1720. The van der Waals surface area contributed by atoms with Crippen LogP contribution in [0.2, 0.25) is 0 Å². The monoisotopic (exact) mass is 557 g/mol. The summed E-state index contributed by atoms with van der Waals surface area (Å²) in [6, 6.07) is 23.4. The molecule has 0 aliphatic rings. The molecule has 0 atom stereocenters. The number of sulfonamides is 1. The van der Waals surface area contributed by atoms with Crippen LogP contribution in [0.4, 0.5) is 17.4 Å². The van der Waals surface area contributed by atoms with Crippen molar-refractivity contribution in [2.45, 2.75) is 25.3 Å². The fourth-order valence-electron chi connectivity index (χ4n) is 3.82. The molecule has 0 radical (unpaired) electrons. The molecule has 0 saturated heterocycles. The molecule has 204 valence electrons. The van der Waals surface area contributed by atoms with Crippen LogP contribution in [0.15, 0.2) is 94.6 Å². The maximum absolute atomic E-state index is 12.8. The quantitative estimate of drug-likeness (QED) is 0.216. The normalized spacial score (nSPS) is 11.2. The van der Waals surface area contributed by atoms with E-state index in [9.17, 15) is 8.42 Å². The molecule has 0 spiro atoms. The Morgan fingerprint density at radius 1 is 0.925 bits per heavy atom. The van der Waals surface area contributed by atoms with Crippen LogP contribution in [-0.2, 0) is 16.6 Å². The number of benzene rings is 3. The molecule has 11 heteroatoms. The van der Waals surface area contributed by atoms with E-state index in [0.717, 1.165) is 16.9 Å². The number of hydrogen-bond donors (Lipinski definition) is 2. The van der Waals surface area contributed by atoms with Crippen molar-refractivity contribution in [3.8, 4) is 22.8 Å². The Morgan fingerprint density at radius 2 is 1.68 bits per heavy atom. The van der Waals surface area contributed by atoms with Crippen LogP contribution in [0.25, 0.3) is 11.3 Å². The molecular weight excluding hydrogens is 530 g/mol. The second-order valence-electron chi connectivity index (χ2n) is 8.90. The van der Waals surface area contributed by atoms with Gasteiger partial charge in [0, 0.05) is 22.9 Å². The highest BCUT2D eigenvalue weighted by Crippen LogP contribution is 2.31. The molecule has 10 nitrogen and oxygen atoms in total. The Balaban J connectivity index is 1.29. The van der Waals surface area contributed by atoms with Gasteiger partial charge in [0.05, 0.1) is 23.4 Å². The largest absolute Gasteiger partial charge is 0.497 e. The van der Waals surface area contributed by atoms with E-state index in [2.05, 4.69) is 25.2 Å². The molecule has 0 amide bonds. The molecule has 5 aromatic rings. The minimum atomic E-state index is -3.85. The summed E-state index contributed by atoms with van der Waals surface area (Å²) in [5.74, 6) is 2.11. The molecule has 0 bridgehead atoms. The molecule has 5 rings (SSSR count). The third-order valence-electron chi connectivity index (χ3n) is 6.20. The molecule has 40 heavy (non-hydrogen) atoms. The summed E-state index contributed by atoms with van der Waals surface area (Å²) >= 11 is 0. The first-order chi connectivity index (χ1) is 19.3. The second kappa shape index (κ2) is 11.5. The van der Waals surface area contributed by atoms with Crippen molar-refractivity contribution in [2.75, 3.05) is 17.1 Å². The van der Waals surface area contributed by atoms with Gasteiger partial charge >= 0.3 is 0 Å². The van der Waals surface area contributed by atoms with E-state index >= 15 is 0 Å². The zero-order valence-corrected chi connectivity index (χ0v) is 22.9. The summed E-state index contributed by atoms with van der Waals surface area (Å²) in [7, 11) is -2.21. The van der Waals surface area contributed by atoms with E-state index in [0.29, 0.717) is 40.8 Å². The number of hydrogen-bond acceptors (Lipinski definition) is 9. The van der Waals surface area contributed by atoms with Gasteiger partial charge in [-0.15, -0.1) is 0 Å². The van der Waals surface area contributed by atoms with Crippen LogP contribution >= 0.6 is 0 Å². The number of para-hydroxylation sites is 1. The van der Waals surface area contributed by atoms with Crippen LogP contribution in [0.1, 0.15) is 16.8 Å². The Labute approximate surface area is 232 Å². The Hall–Kier alpha value is -4.90. The predicted molar refractivity (Wildman–Crippen MR) is 151 cm³/mol. The smallest absolute Gasteiger partial charge is 0.264 e. The molecule has 0 aliphatic heterocycles. The van der Waals surface area contributed by atoms with Crippen molar-refractivity contribution in [1.82, 2.24) is 15.1 Å². The van der Waals surface area contributed by atoms with E-state index in [-0.39, 0.29) is 10.8 Å². The summed E-state index contributed by atoms with van der Waals surface area (Å²) in [5, 5.41) is 6.98. The second-order valence-corrected chi connectivity index (χ2v) is 10.6. The van der Waals surface area contributed by atoms with Gasteiger partial charge in [0.2, 0.25) is 5.88 Å². The number of ether oxygens (including phenoxy) is 2. The molecular formula is C29H27N5O5S. The zero-order valence-electron chi connectivity index (χ0n) is 22.1. The van der Waals surface area contributed by atoms with Crippen LogP contribution in [0, 0.1) is 13.8 Å². The van der Waals surface area contributed by atoms with Gasteiger partial charge < -0.3 is 19.3 Å². The number of aromatic nitrogens is 3.